The Morgan fingerprint density at radius 1 is 1.08 bits per heavy atom. The van der Waals surface area contributed by atoms with Gasteiger partial charge in [0.05, 0.1) is 22.4 Å². The number of nitrogens with zero attached hydrogens (tertiary/aromatic N) is 5. The Labute approximate surface area is 145 Å². The minimum Gasteiger partial charge on any atom is -0.349 e. The van der Waals surface area contributed by atoms with Crippen LogP contribution in [0.5, 0.6) is 0 Å². The van der Waals surface area contributed by atoms with Crippen LogP contribution in [0.25, 0.3) is 11.0 Å². The summed E-state index contributed by atoms with van der Waals surface area (Å²) >= 11 is 0. The van der Waals surface area contributed by atoms with Crippen LogP contribution in [0.15, 0.2) is 41.5 Å². The molecule has 1 aliphatic rings. The third-order valence-corrected chi connectivity index (χ3v) is 4.58. The van der Waals surface area contributed by atoms with Gasteiger partial charge in [-0.05, 0) is 19.1 Å². The fraction of sp³-hybridized carbons (Fsp3) is 0.333. The summed E-state index contributed by atoms with van der Waals surface area (Å²) in [6.07, 6.45) is 3.18. The number of H-pyrrole nitrogens is 1. The van der Waals surface area contributed by atoms with E-state index in [1.54, 1.807) is 12.4 Å². The van der Waals surface area contributed by atoms with Gasteiger partial charge in [0.2, 0.25) is 0 Å². The predicted molar refractivity (Wildman–Crippen MR) is 96.6 cm³/mol. The molecule has 1 fully saturated rings. The fourth-order valence-electron chi connectivity index (χ4n) is 3.17. The van der Waals surface area contributed by atoms with Crippen molar-refractivity contribution < 1.29 is 0 Å². The minimum atomic E-state index is -0.132. The number of fused-ring (bicyclic) bond motifs is 1. The van der Waals surface area contributed by atoms with Gasteiger partial charge in [0.25, 0.3) is 5.56 Å². The minimum absolute atomic E-state index is 0.132. The average Bonchev–Trinajstić information content (AvgIpc) is 2.63. The molecule has 128 valence electrons. The first-order chi connectivity index (χ1) is 12.2. The number of rotatable bonds is 3. The number of anilines is 1. The van der Waals surface area contributed by atoms with Gasteiger partial charge in [-0.2, -0.15) is 0 Å². The van der Waals surface area contributed by atoms with Gasteiger partial charge in [-0.3, -0.25) is 9.69 Å². The maximum absolute atomic E-state index is 11.9. The normalized spacial score (nSPS) is 15.6. The van der Waals surface area contributed by atoms with Gasteiger partial charge >= 0.3 is 0 Å². The van der Waals surface area contributed by atoms with Gasteiger partial charge in [-0.25, -0.2) is 15.0 Å². The number of benzene rings is 1. The van der Waals surface area contributed by atoms with Gasteiger partial charge in [0.15, 0.2) is 5.82 Å². The van der Waals surface area contributed by atoms with Crippen molar-refractivity contribution in [2.75, 3.05) is 31.1 Å². The molecule has 0 spiro atoms. The second-order valence-corrected chi connectivity index (χ2v) is 6.25. The second kappa shape index (κ2) is 6.60. The van der Waals surface area contributed by atoms with Crippen LogP contribution in [-0.4, -0.2) is 51.0 Å². The van der Waals surface area contributed by atoms with Crippen LogP contribution in [0.2, 0.25) is 0 Å². The van der Waals surface area contributed by atoms with Gasteiger partial charge in [-0.1, -0.05) is 12.1 Å². The van der Waals surface area contributed by atoms with Gasteiger partial charge in [0.1, 0.15) is 0 Å². The topological polar surface area (TPSA) is 78.0 Å². The number of aryl methyl sites for hydroxylation is 1. The highest BCUT2D eigenvalue weighted by Crippen LogP contribution is 2.15. The third kappa shape index (κ3) is 3.23. The summed E-state index contributed by atoms with van der Waals surface area (Å²) in [5.41, 5.74) is 3.72. The lowest BCUT2D eigenvalue weighted by atomic mass is 10.2. The van der Waals surface area contributed by atoms with E-state index >= 15 is 0 Å². The summed E-state index contributed by atoms with van der Waals surface area (Å²) < 4.78 is 0. The Morgan fingerprint density at radius 3 is 2.52 bits per heavy atom. The fourth-order valence-corrected chi connectivity index (χ4v) is 3.17. The zero-order valence-corrected chi connectivity index (χ0v) is 14.1. The van der Waals surface area contributed by atoms with E-state index in [2.05, 4.69) is 19.9 Å². The first kappa shape index (κ1) is 15.7. The number of nitrogens with one attached hydrogen (secondary N) is 1. The van der Waals surface area contributed by atoms with Crippen LogP contribution in [0.1, 0.15) is 11.4 Å². The van der Waals surface area contributed by atoms with Crippen LogP contribution in [0.4, 0.5) is 5.82 Å². The SMILES string of the molecule is Cc1nc2ccccc2nc1CN1CCN(c2ncc[nH]c2=O)CC1. The summed E-state index contributed by atoms with van der Waals surface area (Å²) in [4.78, 5) is 32.6. The molecular formula is C18H20N6O. The number of aromatic amines is 1. The smallest absolute Gasteiger partial charge is 0.290 e. The average molecular weight is 336 g/mol. The van der Waals surface area contributed by atoms with Gasteiger partial charge < -0.3 is 9.88 Å². The number of hydrogen-bond donors (Lipinski definition) is 1. The monoisotopic (exact) mass is 336 g/mol. The van der Waals surface area contributed by atoms with Crippen LogP contribution < -0.4 is 10.5 Å². The summed E-state index contributed by atoms with van der Waals surface area (Å²) in [5, 5.41) is 0. The summed E-state index contributed by atoms with van der Waals surface area (Å²) in [7, 11) is 0. The van der Waals surface area contributed by atoms with E-state index in [9.17, 15) is 4.79 Å². The molecule has 4 rings (SSSR count). The maximum atomic E-state index is 11.9. The molecule has 7 heteroatoms. The molecular weight excluding hydrogens is 316 g/mol. The first-order valence-corrected chi connectivity index (χ1v) is 8.44. The third-order valence-electron chi connectivity index (χ3n) is 4.58. The van der Waals surface area contributed by atoms with Crippen molar-refractivity contribution >= 4 is 16.9 Å². The molecule has 7 nitrogen and oxygen atoms in total. The number of para-hydroxylation sites is 2. The lowest BCUT2D eigenvalue weighted by Crippen LogP contribution is -2.48. The molecule has 3 aromatic rings. The number of aromatic nitrogens is 4. The molecule has 3 heterocycles. The standard InChI is InChI=1S/C18H20N6O/c1-13-16(22-15-5-3-2-4-14(15)21-13)12-23-8-10-24(11-9-23)17-18(25)20-7-6-19-17/h2-7H,8-12H2,1H3,(H,20,25). The molecule has 0 bridgehead atoms. The molecule has 0 unspecified atom stereocenters. The predicted octanol–water partition coefficient (Wildman–Crippen LogP) is 1.34. The molecule has 0 saturated carbocycles. The molecule has 2 aromatic heterocycles. The van der Waals surface area contributed by atoms with Crippen molar-refractivity contribution in [2.24, 2.45) is 0 Å². The van der Waals surface area contributed by atoms with E-state index in [1.807, 2.05) is 36.1 Å². The molecule has 1 saturated heterocycles. The number of piperazine rings is 1. The molecule has 1 aromatic carbocycles. The lowest BCUT2D eigenvalue weighted by Gasteiger charge is -2.34. The van der Waals surface area contributed by atoms with Crippen LogP contribution in [-0.2, 0) is 6.54 Å². The van der Waals surface area contributed by atoms with Crippen LogP contribution in [0, 0.1) is 6.92 Å². The largest absolute Gasteiger partial charge is 0.349 e. The Kier molecular flexibility index (Phi) is 4.15. The summed E-state index contributed by atoms with van der Waals surface area (Å²) in [6.45, 7) is 6.07. The highest BCUT2D eigenvalue weighted by molar-refractivity contribution is 5.74. The Bertz CT molecular complexity index is 945. The van der Waals surface area contributed by atoms with Crippen molar-refractivity contribution in [2.45, 2.75) is 13.5 Å². The highest BCUT2D eigenvalue weighted by Gasteiger charge is 2.21. The number of hydrogen-bond acceptors (Lipinski definition) is 6. The summed E-state index contributed by atoms with van der Waals surface area (Å²) in [5.74, 6) is 0.504. The van der Waals surface area contributed by atoms with E-state index in [-0.39, 0.29) is 5.56 Å². The quantitative estimate of drug-likeness (QED) is 0.778. The Hall–Kier alpha value is -2.80. The van der Waals surface area contributed by atoms with Gasteiger partial charge in [0, 0.05) is 45.1 Å². The zero-order chi connectivity index (χ0) is 17.2. The molecule has 0 amide bonds. The first-order valence-electron chi connectivity index (χ1n) is 8.44. The molecule has 1 aliphatic heterocycles. The maximum Gasteiger partial charge on any atom is 0.290 e. The van der Waals surface area contributed by atoms with E-state index in [1.165, 1.54) is 0 Å². The van der Waals surface area contributed by atoms with E-state index in [0.717, 1.165) is 55.1 Å². The summed E-state index contributed by atoms with van der Waals surface area (Å²) in [6, 6.07) is 7.95. The van der Waals surface area contributed by atoms with Crippen LogP contribution >= 0.6 is 0 Å². The lowest BCUT2D eigenvalue weighted by molar-refractivity contribution is 0.246. The highest BCUT2D eigenvalue weighted by atomic mass is 16.1. The van der Waals surface area contributed by atoms with Crippen molar-refractivity contribution in [3.05, 3.63) is 58.4 Å². The molecule has 0 aliphatic carbocycles. The van der Waals surface area contributed by atoms with E-state index < -0.39 is 0 Å². The molecule has 0 atom stereocenters. The Morgan fingerprint density at radius 2 is 1.80 bits per heavy atom. The van der Waals surface area contributed by atoms with Crippen molar-refractivity contribution in [1.82, 2.24) is 24.8 Å². The zero-order valence-electron chi connectivity index (χ0n) is 14.1. The second-order valence-electron chi connectivity index (χ2n) is 6.25. The van der Waals surface area contributed by atoms with Crippen LogP contribution in [0.3, 0.4) is 0 Å². The molecule has 25 heavy (non-hydrogen) atoms. The van der Waals surface area contributed by atoms with Crippen molar-refractivity contribution in [3.63, 3.8) is 0 Å². The molecule has 1 N–H and O–H groups in total. The van der Waals surface area contributed by atoms with Crippen molar-refractivity contribution in [3.8, 4) is 0 Å². The van der Waals surface area contributed by atoms with Gasteiger partial charge in [-0.15, -0.1) is 0 Å². The van der Waals surface area contributed by atoms with E-state index in [4.69, 9.17) is 4.98 Å². The molecule has 0 radical (unpaired) electrons. The van der Waals surface area contributed by atoms with E-state index in [0.29, 0.717) is 5.82 Å². The Balaban J connectivity index is 1.46. The van der Waals surface area contributed by atoms with Crippen molar-refractivity contribution in [1.29, 1.82) is 0 Å².